The molecule has 0 spiro atoms. The highest BCUT2D eigenvalue weighted by molar-refractivity contribution is 6.08. The summed E-state index contributed by atoms with van der Waals surface area (Å²) in [5, 5.41) is 5.36. The van der Waals surface area contributed by atoms with Gasteiger partial charge in [0.25, 0.3) is 5.91 Å². The molecule has 1 fully saturated rings. The highest BCUT2D eigenvalue weighted by Gasteiger charge is 2.48. The maximum absolute atomic E-state index is 12.7. The minimum Gasteiger partial charge on any atom is -0.454 e. The van der Waals surface area contributed by atoms with Crippen LogP contribution < -0.4 is 20.1 Å². The lowest BCUT2D eigenvalue weighted by atomic mass is 9.92. The molecule has 8 heteroatoms. The first-order valence-corrected chi connectivity index (χ1v) is 8.10. The summed E-state index contributed by atoms with van der Waals surface area (Å²) in [7, 11) is 0. The molecular formula is C17H21N3O5. The van der Waals surface area contributed by atoms with Crippen molar-refractivity contribution in [2.24, 2.45) is 0 Å². The van der Waals surface area contributed by atoms with Gasteiger partial charge in [-0.3, -0.25) is 14.5 Å². The molecule has 134 valence electrons. The van der Waals surface area contributed by atoms with E-state index in [4.69, 9.17) is 9.47 Å². The van der Waals surface area contributed by atoms with Crippen molar-refractivity contribution in [3.05, 3.63) is 23.8 Å². The minimum atomic E-state index is -1.11. The van der Waals surface area contributed by atoms with Gasteiger partial charge in [0.15, 0.2) is 11.5 Å². The zero-order chi connectivity index (χ0) is 18.2. The maximum Gasteiger partial charge on any atom is 0.325 e. The van der Waals surface area contributed by atoms with E-state index < -0.39 is 17.5 Å². The number of amides is 4. The zero-order valence-electron chi connectivity index (χ0n) is 14.4. The average molecular weight is 347 g/mol. The van der Waals surface area contributed by atoms with Crippen molar-refractivity contribution in [1.29, 1.82) is 0 Å². The Bertz CT molecular complexity index is 733. The minimum absolute atomic E-state index is 0.0618. The summed E-state index contributed by atoms with van der Waals surface area (Å²) >= 11 is 0. The molecule has 1 aromatic rings. The lowest BCUT2D eigenvalue weighted by molar-refractivity contribution is -0.134. The number of fused-ring (bicyclic) bond motifs is 1. The molecule has 25 heavy (non-hydrogen) atoms. The van der Waals surface area contributed by atoms with Crippen LogP contribution in [0.1, 0.15) is 26.3 Å². The molecule has 2 heterocycles. The molecule has 0 bridgehead atoms. The number of carbonyl (C=O) groups excluding carboxylic acids is 3. The van der Waals surface area contributed by atoms with Crippen LogP contribution in [0.25, 0.3) is 0 Å². The molecule has 0 aromatic heterocycles. The van der Waals surface area contributed by atoms with Crippen LogP contribution in [0, 0.1) is 0 Å². The molecule has 1 aromatic carbocycles. The summed E-state index contributed by atoms with van der Waals surface area (Å²) in [6.07, 6.45) is 0.288. The predicted octanol–water partition coefficient (Wildman–Crippen LogP) is 0.793. The van der Waals surface area contributed by atoms with E-state index in [-0.39, 0.29) is 31.7 Å². The van der Waals surface area contributed by atoms with Crippen LogP contribution in [0.15, 0.2) is 18.2 Å². The molecule has 2 aliphatic rings. The molecule has 2 aliphatic heterocycles. The summed E-state index contributed by atoms with van der Waals surface area (Å²) in [5.74, 6) is 0.480. The van der Waals surface area contributed by atoms with Crippen LogP contribution in [0.2, 0.25) is 0 Å². The van der Waals surface area contributed by atoms with Crippen LogP contribution >= 0.6 is 0 Å². The first kappa shape index (κ1) is 17.1. The Balaban J connectivity index is 1.72. The summed E-state index contributed by atoms with van der Waals surface area (Å²) in [4.78, 5) is 37.7. The van der Waals surface area contributed by atoms with Gasteiger partial charge >= 0.3 is 6.03 Å². The number of hydrogen-bond donors (Lipinski definition) is 2. The smallest absolute Gasteiger partial charge is 0.325 e. The highest BCUT2D eigenvalue weighted by atomic mass is 16.7. The third-order valence-electron chi connectivity index (χ3n) is 4.09. The van der Waals surface area contributed by atoms with E-state index in [2.05, 4.69) is 10.6 Å². The fourth-order valence-corrected chi connectivity index (χ4v) is 2.98. The Morgan fingerprint density at radius 2 is 2.04 bits per heavy atom. The zero-order valence-corrected chi connectivity index (χ0v) is 14.4. The number of hydrogen-bond acceptors (Lipinski definition) is 5. The van der Waals surface area contributed by atoms with Gasteiger partial charge in [-0.1, -0.05) is 6.07 Å². The molecular weight excluding hydrogens is 326 g/mol. The van der Waals surface area contributed by atoms with Gasteiger partial charge in [-0.05, 0) is 38.5 Å². The molecule has 0 saturated carbocycles. The summed E-state index contributed by atoms with van der Waals surface area (Å²) < 4.78 is 10.6. The number of nitrogens with one attached hydrogen (secondary N) is 2. The van der Waals surface area contributed by atoms with Gasteiger partial charge in [-0.15, -0.1) is 0 Å². The normalized spacial score (nSPS) is 21.7. The second kappa shape index (κ2) is 6.27. The number of urea groups is 1. The van der Waals surface area contributed by atoms with E-state index in [1.54, 1.807) is 19.1 Å². The number of carbonyl (C=O) groups is 3. The topological polar surface area (TPSA) is 97.0 Å². The Hall–Kier alpha value is -2.77. The quantitative estimate of drug-likeness (QED) is 0.768. The van der Waals surface area contributed by atoms with E-state index in [0.717, 1.165) is 10.5 Å². The van der Waals surface area contributed by atoms with Crippen LogP contribution in [-0.2, 0) is 16.0 Å². The third-order valence-corrected chi connectivity index (χ3v) is 4.09. The molecule has 1 atom stereocenters. The van der Waals surface area contributed by atoms with Crippen LogP contribution in [0.4, 0.5) is 4.79 Å². The fourth-order valence-electron chi connectivity index (χ4n) is 2.98. The first-order valence-electron chi connectivity index (χ1n) is 8.10. The van der Waals surface area contributed by atoms with Gasteiger partial charge in [0.1, 0.15) is 12.1 Å². The predicted molar refractivity (Wildman–Crippen MR) is 88.2 cm³/mol. The molecule has 8 nitrogen and oxygen atoms in total. The molecule has 2 N–H and O–H groups in total. The van der Waals surface area contributed by atoms with Crippen LogP contribution in [0.3, 0.4) is 0 Å². The number of imide groups is 1. The van der Waals surface area contributed by atoms with Crippen LogP contribution in [-0.4, -0.2) is 47.7 Å². The lowest BCUT2D eigenvalue weighted by Gasteiger charge is -2.22. The molecule has 4 amide bonds. The summed E-state index contributed by atoms with van der Waals surface area (Å²) in [5.41, 5.74) is -0.281. The van der Waals surface area contributed by atoms with Gasteiger partial charge in [-0.2, -0.15) is 0 Å². The SMILES string of the molecule is CC(C)NC(=O)CN1C(=O)N[C@@](C)(Cc2ccc3c(c2)OCO3)C1=O. The van der Waals surface area contributed by atoms with E-state index >= 15 is 0 Å². The van der Waals surface area contributed by atoms with E-state index in [1.807, 2.05) is 19.9 Å². The van der Waals surface area contributed by atoms with E-state index in [9.17, 15) is 14.4 Å². The number of rotatable bonds is 5. The molecule has 0 radical (unpaired) electrons. The standard InChI is InChI=1S/C17H21N3O5/c1-10(2)18-14(21)8-20-15(22)17(3,19-16(20)23)7-11-4-5-12-13(6-11)25-9-24-12/h4-6,10H,7-9H2,1-3H3,(H,18,21)(H,19,23)/t17-/m0/s1. The van der Waals surface area contributed by atoms with Crippen molar-refractivity contribution in [2.75, 3.05) is 13.3 Å². The van der Waals surface area contributed by atoms with Gasteiger partial charge < -0.3 is 20.1 Å². The Labute approximate surface area is 145 Å². The first-order chi connectivity index (χ1) is 11.8. The molecule has 0 unspecified atom stereocenters. The number of benzene rings is 1. The second-order valence-corrected chi connectivity index (χ2v) is 6.74. The monoisotopic (exact) mass is 347 g/mol. The Morgan fingerprint density at radius 3 is 2.76 bits per heavy atom. The molecule has 3 rings (SSSR count). The van der Waals surface area contributed by atoms with Gasteiger partial charge in [0.05, 0.1) is 0 Å². The Kier molecular flexibility index (Phi) is 4.28. The van der Waals surface area contributed by atoms with Gasteiger partial charge in [0, 0.05) is 12.5 Å². The van der Waals surface area contributed by atoms with Crippen molar-refractivity contribution >= 4 is 17.8 Å². The summed E-state index contributed by atoms with van der Waals surface area (Å²) in [6.45, 7) is 5.16. The van der Waals surface area contributed by atoms with Crippen molar-refractivity contribution < 1.29 is 23.9 Å². The van der Waals surface area contributed by atoms with Crippen LogP contribution in [0.5, 0.6) is 11.5 Å². The van der Waals surface area contributed by atoms with Gasteiger partial charge in [0.2, 0.25) is 12.7 Å². The maximum atomic E-state index is 12.7. The van der Waals surface area contributed by atoms with Crippen molar-refractivity contribution in [3.63, 3.8) is 0 Å². The lowest BCUT2D eigenvalue weighted by Crippen LogP contribution is -2.47. The Morgan fingerprint density at radius 1 is 1.32 bits per heavy atom. The fraction of sp³-hybridized carbons (Fsp3) is 0.471. The van der Waals surface area contributed by atoms with E-state index in [0.29, 0.717) is 11.5 Å². The third kappa shape index (κ3) is 3.38. The summed E-state index contributed by atoms with van der Waals surface area (Å²) in [6, 6.07) is 4.77. The van der Waals surface area contributed by atoms with E-state index in [1.165, 1.54) is 0 Å². The number of nitrogens with zero attached hydrogens (tertiary/aromatic N) is 1. The number of ether oxygens (including phenoxy) is 2. The molecule has 0 aliphatic carbocycles. The second-order valence-electron chi connectivity index (χ2n) is 6.74. The van der Waals surface area contributed by atoms with Crippen molar-refractivity contribution in [1.82, 2.24) is 15.5 Å². The van der Waals surface area contributed by atoms with Gasteiger partial charge in [-0.25, -0.2) is 4.79 Å². The largest absolute Gasteiger partial charge is 0.454 e. The highest BCUT2D eigenvalue weighted by Crippen LogP contribution is 2.34. The van der Waals surface area contributed by atoms with Crippen molar-refractivity contribution in [2.45, 2.75) is 38.8 Å². The molecule has 1 saturated heterocycles. The average Bonchev–Trinajstić information content (AvgIpc) is 3.05. The van der Waals surface area contributed by atoms with Crippen molar-refractivity contribution in [3.8, 4) is 11.5 Å².